The molecule has 2 heterocycles. The highest BCUT2D eigenvalue weighted by Gasteiger charge is 2.44. The lowest BCUT2D eigenvalue weighted by atomic mass is 9.79. The van der Waals surface area contributed by atoms with Gasteiger partial charge in [-0.25, -0.2) is 0 Å². The van der Waals surface area contributed by atoms with Crippen molar-refractivity contribution in [2.75, 3.05) is 32.1 Å². The predicted molar refractivity (Wildman–Crippen MR) is 109 cm³/mol. The summed E-state index contributed by atoms with van der Waals surface area (Å²) in [5, 5.41) is 22.7. The maximum Gasteiger partial charge on any atom is 0.159 e. The summed E-state index contributed by atoms with van der Waals surface area (Å²) in [5.74, 6) is 0.901. The van der Waals surface area contributed by atoms with Gasteiger partial charge in [-0.1, -0.05) is 54.6 Å². The van der Waals surface area contributed by atoms with Crippen molar-refractivity contribution in [2.45, 2.75) is 25.0 Å². The van der Waals surface area contributed by atoms with Crippen LogP contribution >= 0.6 is 0 Å². The largest absolute Gasteiger partial charge is 0.383 e. The lowest BCUT2D eigenvalue weighted by molar-refractivity contribution is -0.0527. The Morgan fingerprint density at radius 1 is 1.00 bits per heavy atom. The molecule has 0 amide bonds. The summed E-state index contributed by atoms with van der Waals surface area (Å²) in [4.78, 5) is 4.37. The molecular formula is C22H26N4O. The maximum absolute atomic E-state index is 11.6. The third kappa shape index (κ3) is 3.07. The molecule has 5 nitrogen and oxygen atoms in total. The average Bonchev–Trinajstić information content (AvgIpc) is 2.70. The smallest absolute Gasteiger partial charge is 0.159 e. The molecule has 27 heavy (non-hydrogen) atoms. The van der Waals surface area contributed by atoms with E-state index in [1.165, 1.54) is 0 Å². The van der Waals surface area contributed by atoms with E-state index >= 15 is 0 Å². The van der Waals surface area contributed by atoms with Crippen LogP contribution < -0.4 is 4.90 Å². The van der Waals surface area contributed by atoms with E-state index in [9.17, 15) is 5.11 Å². The third-order valence-electron chi connectivity index (χ3n) is 5.76. The van der Waals surface area contributed by atoms with Crippen LogP contribution in [0.15, 0.2) is 54.6 Å². The van der Waals surface area contributed by atoms with Crippen molar-refractivity contribution in [1.29, 1.82) is 0 Å². The number of rotatable bonds is 3. The summed E-state index contributed by atoms with van der Waals surface area (Å²) in [6, 6.07) is 18.2. The fourth-order valence-corrected chi connectivity index (χ4v) is 4.23. The number of piperidine rings is 1. The molecule has 2 aromatic carbocycles. The lowest BCUT2D eigenvalue weighted by Crippen LogP contribution is -2.59. The zero-order valence-corrected chi connectivity index (χ0v) is 16.1. The Kier molecular flexibility index (Phi) is 4.58. The number of likely N-dealkylation sites (N-methyl/N-ethyl adjacent to an activating group) is 1. The van der Waals surface area contributed by atoms with Crippen molar-refractivity contribution >= 4 is 16.6 Å². The van der Waals surface area contributed by atoms with Crippen LogP contribution in [-0.4, -0.2) is 53.4 Å². The molecule has 4 rings (SSSR count). The number of aromatic nitrogens is 2. The van der Waals surface area contributed by atoms with Gasteiger partial charge in [0.25, 0.3) is 0 Å². The van der Waals surface area contributed by atoms with E-state index in [4.69, 9.17) is 0 Å². The standard InChI is InChI=1S/C22H26N4O/c1-16-18-11-7-8-12-19(18)21(24-23-16)26-14-13-22(27,20(15-26)25(2)3)17-9-5-4-6-10-17/h4-12,20,27H,13-15H2,1-3H3/t20-,22+/m1/s1. The zero-order valence-electron chi connectivity index (χ0n) is 16.1. The first kappa shape index (κ1) is 17.9. The van der Waals surface area contributed by atoms with E-state index in [0.717, 1.165) is 34.4 Å². The zero-order chi connectivity index (χ0) is 19.0. The van der Waals surface area contributed by atoms with Crippen LogP contribution in [0.1, 0.15) is 17.7 Å². The van der Waals surface area contributed by atoms with Crippen LogP contribution in [0.3, 0.4) is 0 Å². The van der Waals surface area contributed by atoms with Crippen LogP contribution in [0.5, 0.6) is 0 Å². The van der Waals surface area contributed by atoms with Gasteiger partial charge in [0.2, 0.25) is 0 Å². The number of nitrogens with zero attached hydrogens (tertiary/aromatic N) is 4. The summed E-state index contributed by atoms with van der Waals surface area (Å²) in [6.45, 7) is 3.42. The molecule has 3 aromatic rings. The molecule has 0 unspecified atom stereocenters. The number of anilines is 1. The van der Waals surface area contributed by atoms with E-state index < -0.39 is 5.60 Å². The molecule has 1 aliphatic heterocycles. The quantitative estimate of drug-likeness (QED) is 0.776. The molecule has 0 aliphatic carbocycles. The van der Waals surface area contributed by atoms with Crippen molar-refractivity contribution in [3.8, 4) is 0 Å². The Labute approximate surface area is 160 Å². The highest BCUT2D eigenvalue weighted by Crippen LogP contribution is 2.37. The number of benzene rings is 2. The Hall–Kier alpha value is -2.50. The summed E-state index contributed by atoms with van der Waals surface area (Å²) >= 11 is 0. The molecule has 1 saturated heterocycles. The predicted octanol–water partition coefficient (Wildman–Crippen LogP) is 2.97. The first-order valence-electron chi connectivity index (χ1n) is 9.42. The summed E-state index contributed by atoms with van der Waals surface area (Å²) in [7, 11) is 4.06. The van der Waals surface area contributed by atoms with Gasteiger partial charge in [0.1, 0.15) is 5.60 Å². The Balaban J connectivity index is 1.72. The molecule has 0 bridgehead atoms. The number of aryl methyl sites for hydroxylation is 1. The van der Waals surface area contributed by atoms with Crippen molar-refractivity contribution in [3.63, 3.8) is 0 Å². The van der Waals surface area contributed by atoms with E-state index in [0.29, 0.717) is 13.0 Å². The second-order valence-corrected chi connectivity index (χ2v) is 7.62. The van der Waals surface area contributed by atoms with Gasteiger partial charge in [-0.2, -0.15) is 5.10 Å². The fourth-order valence-electron chi connectivity index (χ4n) is 4.23. The number of hydrogen-bond donors (Lipinski definition) is 1. The Bertz CT molecular complexity index is 943. The summed E-state index contributed by atoms with van der Waals surface area (Å²) in [5.41, 5.74) is 1.04. The third-order valence-corrected chi connectivity index (χ3v) is 5.76. The van der Waals surface area contributed by atoms with Crippen molar-refractivity contribution < 1.29 is 5.11 Å². The number of fused-ring (bicyclic) bond motifs is 1. The molecule has 1 fully saturated rings. The van der Waals surface area contributed by atoms with Crippen LogP contribution in [0.4, 0.5) is 5.82 Å². The monoisotopic (exact) mass is 362 g/mol. The normalized spacial score (nSPS) is 23.1. The van der Waals surface area contributed by atoms with Gasteiger partial charge in [-0.15, -0.1) is 5.10 Å². The van der Waals surface area contributed by atoms with Gasteiger partial charge in [-0.05, 0) is 33.0 Å². The van der Waals surface area contributed by atoms with Crippen LogP contribution in [-0.2, 0) is 5.60 Å². The van der Waals surface area contributed by atoms with Crippen LogP contribution in [0.2, 0.25) is 0 Å². The molecular weight excluding hydrogens is 336 g/mol. The first-order valence-corrected chi connectivity index (χ1v) is 9.42. The molecule has 1 N–H and O–H groups in total. The highest BCUT2D eigenvalue weighted by atomic mass is 16.3. The highest BCUT2D eigenvalue weighted by molar-refractivity contribution is 5.93. The fraction of sp³-hybridized carbons (Fsp3) is 0.364. The molecule has 140 valence electrons. The van der Waals surface area contributed by atoms with Gasteiger partial charge in [-0.3, -0.25) is 0 Å². The molecule has 0 spiro atoms. The molecule has 5 heteroatoms. The molecule has 1 aliphatic rings. The summed E-state index contributed by atoms with van der Waals surface area (Å²) in [6.07, 6.45) is 0.643. The lowest BCUT2D eigenvalue weighted by Gasteiger charge is -2.48. The first-order chi connectivity index (χ1) is 13.0. The van der Waals surface area contributed by atoms with Crippen LogP contribution in [0, 0.1) is 6.92 Å². The Morgan fingerprint density at radius 2 is 1.67 bits per heavy atom. The van der Waals surface area contributed by atoms with E-state index in [1.807, 2.05) is 63.5 Å². The minimum absolute atomic E-state index is 0.0458. The molecule has 0 radical (unpaired) electrons. The van der Waals surface area contributed by atoms with Gasteiger partial charge in [0.15, 0.2) is 5.82 Å². The van der Waals surface area contributed by atoms with Gasteiger partial charge in [0.05, 0.1) is 11.7 Å². The minimum Gasteiger partial charge on any atom is -0.383 e. The van der Waals surface area contributed by atoms with Gasteiger partial charge < -0.3 is 14.9 Å². The Morgan fingerprint density at radius 3 is 2.37 bits per heavy atom. The second-order valence-electron chi connectivity index (χ2n) is 7.62. The molecule has 1 aromatic heterocycles. The van der Waals surface area contributed by atoms with E-state index in [2.05, 4.69) is 32.1 Å². The molecule has 0 saturated carbocycles. The number of hydrogen-bond acceptors (Lipinski definition) is 5. The SMILES string of the molecule is Cc1nnc(N2CC[C@](O)(c3ccccc3)[C@H](N(C)C)C2)c2ccccc12. The average molecular weight is 362 g/mol. The van der Waals surface area contributed by atoms with Gasteiger partial charge >= 0.3 is 0 Å². The minimum atomic E-state index is -0.880. The van der Waals surface area contributed by atoms with Gasteiger partial charge in [0, 0.05) is 23.9 Å². The van der Waals surface area contributed by atoms with E-state index in [-0.39, 0.29) is 6.04 Å². The topological polar surface area (TPSA) is 52.5 Å². The van der Waals surface area contributed by atoms with Crippen LogP contribution in [0.25, 0.3) is 10.8 Å². The van der Waals surface area contributed by atoms with Crippen molar-refractivity contribution in [1.82, 2.24) is 15.1 Å². The van der Waals surface area contributed by atoms with Crippen molar-refractivity contribution in [2.24, 2.45) is 0 Å². The summed E-state index contributed by atoms with van der Waals surface area (Å²) < 4.78 is 0. The van der Waals surface area contributed by atoms with Crippen molar-refractivity contribution in [3.05, 3.63) is 65.9 Å². The van der Waals surface area contributed by atoms with E-state index in [1.54, 1.807) is 0 Å². The maximum atomic E-state index is 11.6. The molecule has 2 atom stereocenters. The number of aliphatic hydroxyl groups is 1. The second kappa shape index (κ2) is 6.91.